The number of rotatable bonds is 16. The molecule has 1 N–H and O–H groups in total. The summed E-state index contributed by atoms with van der Waals surface area (Å²) in [6.45, 7) is 6.71. The normalized spacial score (nSPS) is 10.2. The van der Waals surface area contributed by atoms with E-state index >= 15 is 0 Å². The molecule has 0 fully saturated rings. The summed E-state index contributed by atoms with van der Waals surface area (Å²) in [4.78, 5) is 5.46. The quantitative estimate of drug-likeness (QED) is 0.220. The van der Waals surface area contributed by atoms with Crippen molar-refractivity contribution < 1.29 is 4.84 Å². The lowest BCUT2D eigenvalue weighted by atomic mass is 10.1. The molecule has 0 heterocycles. The van der Waals surface area contributed by atoms with Gasteiger partial charge in [0.05, 0.1) is 12.3 Å². The monoisotopic (exact) mass is 409 g/mol. The zero-order chi connectivity index (χ0) is 21.5. The van der Waals surface area contributed by atoms with Gasteiger partial charge in [-0.3, -0.25) is 10.3 Å². The standard InChI is InChI=1S/C20H35NO.C8H8/c1-2-3-4-5-6-7-8-9-10-11-12-16-19-22-21-20-17-14-13-15-18-20;1-2-8-6-4-3-5-7-8/h13-15,17-18,21H,2-12,16,19H2,1H3;2-7H,1H2. The lowest BCUT2D eigenvalue weighted by Gasteiger charge is -2.06. The van der Waals surface area contributed by atoms with Gasteiger partial charge in [0.15, 0.2) is 0 Å². The lowest BCUT2D eigenvalue weighted by Crippen LogP contribution is -2.02. The van der Waals surface area contributed by atoms with E-state index in [1.165, 1.54) is 76.2 Å². The summed E-state index contributed by atoms with van der Waals surface area (Å²) in [6.07, 6.45) is 18.4. The predicted molar refractivity (Wildman–Crippen MR) is 134 cm³/mol. The molecule has 2 nitrogen and oxygen atoms in total. The van der Waals surface area contributed by atoms with Crippen LogP contribution in [-0.2, 0) is 4.84 Å². The van der Waals surface area contributed by atoms with Crippen LogP contribution in [0.2, 0.25) is 0 Å². The van der Waals surface area contributed by atoms with Crippen LogP contribution in [0, 0.1) is 0 Å². The molecule has 0 aliphatic rings. The summed E-state index contributed by atoms with van der Waals surface area (Å²) in [5, 5.41) is 0. The van der Waals surface area contributed by atoms with Gasteiger partial charge in [0.2, 0.25) is 0 Å². The van der Waals surface area contributed by atoms with Gasteiger partial charge in [-0.1, -0.05) is 139 Å². The Morgan fingerprint density at radius 2 is 1.13 bits per heavy atom. The molecular formula is C28H43NO. The topological polar surface area (TPSA) is 21.3 Å². The highest BCUT2D eigenvalue weighted by Gasteiger charge is 1.94. The van der Waals surface area contributed by atoms with Crippen molar-refractivity contribution in [3.63, 3.8) is 0 Å². The molecule has 30 heavy (non-hydrogen) atoms. The smallest absolute Gasteiger partial charge is 0.0746 e. The molecule has 2 rings (SSSR count). The van der Waals surface area contributed by atoms with Crippen LogP contribution in [0.5, 0.6) is 0 Å². The highest BCUT2D eigenvalue weighted by molar-refractivity contribution is 5.45. The maximum absolute atomic E-state index is 5.46. The molecule has 0 atom stereocenters. The van der Waals surface area contributed by atoms with Crippen molar-refractivity contribution in [2.45, 2.75) is 84.0 Å². The maximum atomic E-state index is 5.46. The second kappa shape index (κ2) is 20.2. The van der Waals surface area contributed by atoms with Crippen LogP contribution in [0.1, 0.15) is 89.5 Å². The van der Waals surface area contributed by atoms with Gasteiger partial charge < -0.3 is 0 Å². The van der Waals surface area contributed by atoms with Crippen molar-refractivity contribution in [2.24, 2.45) is 0 Å². The first-order valence-corrected chi connectivity index (χ1v) is 12.0. The van der Waals surface area contributed by atoms with E-state index in [0.29, 0.717) is 0 Å². The van der Waals surface area contributed by atoms with Crippen molar-refractivity contribution in [3.8, 4) is 0 Å². The van der Waals surface area contributed by atoms with Crippen LogP contribution in [0.15, 0.2) is 67.2 Å². The van der Waals surface area contributed by atoms with E-state index in [9.17, 15) is 0 Å². The van der Waals surface area contributed by atoms with E-state index in [1.807, 2.05) is 66.7 Å². The zero-order valence-corrected chi connectivity index (χ0v) is 19.2. The Morgan fingerprint density at radius 3 is 1.60 bits per heavy atom. The van der Waals surface area contributed by atoms with Gasteiger partial charge in [0, 0.05) is 0 Å². The zero-order valence-electron chi connectivity index (χ0n) is 19.2. The van der Waals surface area contributed by atoms with Gasteiger partial charge in [0.1, 0.15) is 0 Å². The molecule has 0 unspecified atom stereocenters. The fourth-order valence-corrected chi connectivity index (χ4v) is 3.24. The first-order chi connectivity index (χ1) is 14.9. The largest absolute Gasteiger partial charge is 0.276 e. The number of unbranched alkanes of at least 4 members (excludes halogenated alkanes) is 11. The van der Waals surface area contributed by atoms with E-state index in [-0.39, 0.29) is 0 Å². The molecule has 0 spiro atoms. The summed E-state index contributed by atoms with van der Waals surface area (Å²) in [6, 6.07) is 20.1. The summed E-state index contributed by atoms with van der Waals surface area (Å²) in [7, 11) is 0. The van der Waals surface area contributed by atoms with Crippen molar-refractivity contribution in [2.75, 3.05) is 12.1 Å². The van der Waals surface area contributed by atoms with E-state index in [2.05, 4.69) is 19.0 Å². The Kier molecular flexibility index (Phi) is 17.5. The van der Waals surface area contributed by atoms with Gasteiger partial charge >= 0.3 is 0 Å². The van der Waals surface area contributed by atoms with E-state index in [1.54, 1.807) is 0 Å². The highest BCUT2D eigenvalue weighted by Crippen LogP contribution is 2.12. The first kappa shape index (κ1) is 26.0. The number of benzene rings is 2. The molecular weight excluding hydrogens is 366 g/mol. The Balaban J connectivity index is 0.000000467. The Hall–Kier alpha value is -2.06. The van der Waals surface area contributed by atoms with Crippen LogP contribution in [0.25, 0.3) is 6.08 Å². The number of para-hydroxylation sites is 1. The molecule has 0 radical (unpaired) electrons. The average molecular weight is 410 g/mol. The SMILES string of the molecule is C=Cc1ccccc1.CCCCCCCCCCCCCCONc1ccccc1. The van der Waals surface area contributed by atoms with Crippen molar-refractivity contribution in [3.05, 3.63) is 72.8 Å². The third-order valence-corrected chi connectivity index (χ3v) is 5.10. The molecule has 2 heteroatoms. The van der Waals surface area contributed by atoms with Crippen LogP contribution < -0.4 is 5.48 Å². The van der Waals surface area contributed by atoms with Gasteiger partial charge in [-0.2, -0.15) is 0 Å². The molecule has 0 bridgehead atoms. The fourth-order valence-electron chi connectivity index (χ4n) is 3.24. The third kappa shape index (κ3) is 15.8. The molecule has 0 saturated heterocycles. The summed E-state index contributed by atoms with van der Waals surface area (Å²) in [5.41, 5.74) is 5.19. The van der Waals surface area contributed by atoms with E-state index in [4.69, 9.17) is 4.84 Å². The molecule has 0 saturated carbocycles. The molecule has 166 valence electrons. The van der Waals surface area contributed by atoms with Gasteiger partial charge in [-0.05, 0) is 24.1 Å². The van der Waals surface area contributed by atoms with Crippen molar-refractivity contribution in [1.82, 2.24) is 0 Å². The summed E-state index contributed by atoms with van der Waals surface area (Å²) in [5.74, 6) is 0. The van der Waals surface area contributed by atoms with Crippen LogP contribution in [0.3, 0.4) is 0 Å². The maximum Gasteiger partial charge on any atom is 0.0746 e. The van der Waals surface area contributed by atoms with Crippen LogP contribution in [0.4, 0.5) is 5.69 Å². The average Bonchev–Trinajstić information content (AvgIpc) is 2.81. The fraction of sp³-hybridized carbons (Fsp3) is 0.500. The van der Waals surface area contributed by atoms with Crippen LogP contribution in [-0.4, -0.2) is 6.61 Å². The highest BCUT2D eigenvalue weighted by atomic mass is 16.6. The summed E-state index contributed by atoms with van der Waals surface area (Å²) < 4.78 is 0. The number of anilines is 1. The molecule has 0 aliphatic heterocycles. The third-order valence-electron chi connectivity index (χ3n) is 5.10. The number of hydrogen-bond donors (Lipinski definition) is 1. The van der Waals surface area contributed by atoms with Gasteiger partial charge in [-0.25, -0.2) is 0 Å². The van der Waals surface area contributed by atoms with E-state index in [0.717, 1.165) is 18.7 Å². The lowest BCUT2D eigenvalue weighted by molar-refractivity contribution is 0.187. The molecule has 0 aliphatic carbocycles. The minimum Gasteiger partial charge on any atom is -0.276 e. The second-order valence-corrected chi connectivity index (χ2v) is 7.82. The molecule has 0 aromatic heterocycles. The van der Waals surface area contributed by atoms with Gasteiger partial charge in [0.25, 0.3) is 0 Å². The second-order valence-electron chi connectivity index (χ2n) is 7.82. The number of nitrogens with one attached hydrogen (secondary N) is 1. The Morgan fingerprint density at radius 1 is 0.667 bits per heavy atom. The summed E-state index contributed by atoms with van der Waals surface area (Å²) >= 11 is 0. The minimum atomic E-state index is 0.798. The molecule has 2 aromatic carbocycles. The van der Waals surface area contributed by atoms with E-state index < -0.39 is 0 Å². The predicted octanol–water partition coefficient (Wildman–Crippen LogP) is 9.06. The van der Waals surface area contributed by atoms with Crippen molar-refractivity contribution in [1.29, 1.82) is 0 Å². The van der Waals surface area contributed by atoms with Gasteiger partial charge in [-0.15, -0.1) is 0 Å². The Bertz CT molecular complexity index is 597. The minimum absolute atomic E-state index is 0.798. The number of hydrogen-bond acceptors (Lipinski definition) is 2. The first-order valence-electron chi connectivity index (χ1n) is 12.0. The van der Waals surface area contributed by atoms with Crippen molar-refractivity contribution >= 4 is 11.8 Å². The molecule has 0 amide bonds. The Labute approximate surface area is 185 Å². The van der Waals surface area contributed by atoms with Crippen LogP contribution >= 0.6 is 0 Å². The molecule has 2 aromatic rings.